The van der Waals surface area contributed by atoms with Gasteiger partial charge in [-0.3, -0.25) is 9.97 Å². The molecule has 0 radical (unpaired) electrons. The number of nitrogens with zero attached hydrogens (tertiary/aromatic N) is 5. The molecule has 2 aromatic heterocycles. The number of piperidine rings is 2. The van der Waals surface area contributed by atoms with Crippen LogP contribution in [0, 0.1) is 25.2 Å². The van der Waals surface area contributed by atoms with Crippen molar-refractivity contribution in [1.29, 1.82) is 5.26 Å². The lowest BCUT2D eigenvalue weighted by Gasteiger charge is -2.36. The molecule has 15 heteroatoms. The molecule has 2 N–H and O–H groups in total. The summed E-state index contributed by atoms with van der Waals surface area (Å²) in [5.41, 5.74) is 0.861. The number of halogens is 5. The van der Waals surface area contributed by atoms with Crippen LogP contribution in [0.2, 0.25) is 0 Å². The van der Waals surface area contributed by atoms with Crippen molar-refractivity contribution in [3.05, 3.63) is 113 Å². The molecule has 0 atom stereocenters. The highest BCUT2D eigenvalue weighted by molar-refractivity contribution is 5.90. The lowest BCUT2D eigenvalue weighted by Crippen LogP contribution is -2.45. The second-order valence-electron chi connectivity index (χ2n) is 12.9. The summed E-state index contributed by atoms with van der Waals surface area (Å²) in [5, 5.41) is 14.2. The first-order valence-electron chi connectivity index (χ1n) is 16.9. The Balaban J connectivity index is 0.000000206. The van der Waals surface area contributed by atoms with Crippen molar-refractivity contribution in [3.63, 3.8) is 0 Å². The summed E-state index contributed by atoms with van der Waals surface area (Å²) < 4.78 is 70.8. The summed E-state index contributed by atoms with van der Waals surface area (Å²) in [6, 6.07) is 20.0. The molecule has 2 aliphatic rings. The number of alkyl halides is 5. The average molecular weight is 736 g/mol. The van der Waals surface area contributed by atoms with Crippen molar-refractivity contribution in [2.24, 2.45) is 0 Å². The van der Waals surface area contributed by atoms with Crippen molar-refractivity contribution in [3.8, 4) is 11.8 Å². The van der Waals surface area contributed by atoms with E-state index in [0.29, 0.717) is 41.4 Å². The highest BCUT2D eigenvalue weighted by atomic mass is 19.4. The first-order valence-corrected chi connectivity index (χ1v) is 16.9. The lowest BCUT2D eigenvalue weighted by molar-refractivity contribution is -0.274. The smallest absolute Gasteiger partial charge is 0.406 e. The number of carbonyl (C=O) groups excluding carboxylic acids is 2. The van der Waals surface area contributed by atoms with Gasteiger partial charge in [-0.1, -0.05) is 12.1 Å². The highest BCUT2D eigenvalue weighted by Gasteiger charge is 2.41. The normalized spacial score (nSPS) is 16.3. The Bertz CT molecular complexity index is 1920. The third-order valence-corrected chi connectivity index (χ3v) is 9.16. The van der Waals surface area contributed by atoms with Crippen molar-refractivity contribution in [2.75, 3.05) is 36.8 Å². The monoisotopic (exact) mass is 735 g/mol. The van der Waals surface area contributed by atoms with Crippen LogP contribution in [0.5, 0.6) is 5.75 Å². The Labute approximate surface area is 303 Å². The van der Waals surface area contributed by atoms with Gasteiger partial charge >= 0.3 is 18.4 Å². The number of anilines is 2. The van der Waals surface area contributed by atoms with Crippen LogP contribution in [-0.2, 0) is 11.3 Å². The molecule has 2 saturated heterocycles. The first kappa shape index (κ1) is 38.5. The zero-order valence-electron chi connectivity index (χ0n) is 29.1. The number of hydrogen-bond donors (Lipinski definition) is 2. The van der Waals surface area contributed by atoms with Gasteiger partial charge in [-0.25, -0.2) is 18.4 Å². The third kappa shape index (κ3) is 9.97. The fourth-order valence-electron chi connectivity index (χ4n) is 6.28. The number of likely N-dealkylation sites (tertiary alicyclic amines) is 2. The van der Waals surface area contributed by atoms with Crippen LogP contribution >= 0.6 is 0 Å². The number of nitrogens with one attached hydrogen (secondary N) is 2. The van der Waals surface area contributed by atoms with Crippen LogP contribution in [0.1, 0.15) is 53.8 Å². The Morgan fingerprint density at radius 2 is 1.11 bits per heavy atom. The van der Waals surface area contributed by atoms with Gasteiger partial charge in [-0.05, 0) is 85.6 Å². The molecule has 278 valence electrons. The molecule has 0 saturated carbocycles. The van der Waals surface area contributed by atoms with Gasteiger partial charge in [0.25, 0.3) is 0 Å². The number of amides is 4. The van der Waals surface area contributed by atoms with Crippen LogP contribution in [0.15, 0.2) is 85.2 Å². The minimum Gasteiger partial charge on any atom is -0.406 e. The Morgan fingerprint density at radius 3 is 1.47 bits per heavy atom. The number of rotatable bonds is 5. The molecule has 4 amide bonds. The van der Waals surface area contributed by atoms with Gasteiger partial charge in [0.05, 0.1) is 23.0 Å². The molecule has 4 aromatic rings. The van der Waals surface area contributed by atoms with E-state index in [2.05, 4.69) is 25.3 Å². The molecule has 6 rings (SSSR count). The van der Waals surface area contributed by atoms with E-state index in [0.717, 1.165) is 23.3 Å². The Kier molecular flexibility index (Phi) is 11.8. The van der Waals surface area contributed by atoms with Crippen LogP contribution in [0.25, 0.3) is 0 Å². The molecule has 4 heterocycles. The number of aromatic nitrogens is 2. The van der Waals surface area contributed by atoms with Gasteiger partial charge < -0.3 is 25.2 Å². The van der Waals surface area contributed by atoms with E-state index in [1.54, 1.807) is 66.7 Å². The van der Waals surface area contributed by atoms with E-state index in [-0.39, 0.29) is 50.6 Å². The fourth-order valence-corrected chi connectivity index (χ4v) is 6.28. The van der Waals surface area contributed by atoms with Crippen LogP contribution in [0.4, 0.5) is 42.9 Å². The minimum atomic E-state index is -4.77. The maximum atomic E-state index is 15.3. The second kappa shape index (κ2) is 16.3. The van der Waals surface area contributed by atoms with E-state index in [4.69, 9.17) is 5.26 Å². The first-order chi connectivity index (χ1) is 25.2. The SMILES string of the molecule is Cc1cccnc1C1(F)CCN(C(=O)Nc2ccc(C#N)cc2)CC1.Cc1cccnc1C1(F)CCN(C(=O)Nc2ccc(OC(F)(F)F)cc2)CC1. The predicted octanol–water partition coefficient (Wildman–Crippen LogP) is 8.54. The van der Waals surface area contributed by atoms with Gasteiger partial charge in [-0.15, -0.1) is 13.2 Å². The van der Waals surface area contributed by atoms with Crippen LogP contribution in [-0.4, -0.2) is 64.4 Å². The summed E-state index contributed by atoms with van der Waals surface area (Å²) in [7, 11) is 0. The quantitative estimate of drug-likeness (QED) is 0.198. The van der Waals surface area contributed by atoms with E-state index >= 15 is 8.78 Å². The standard InChI is InChI=1S/C19H19F4N3O2.C19H19FN4O/c1-13-3-2-10-24-16(13)18(20)8-11-26(12-9-18)17(27)25-14-4-6-15(7-5-14)28-19(21,22)23;1-14-3-2-10-22-17(14)19(20)8-11-24(12-9-19)18(25)23-16-6-4-15(13-21)5-7-16/h2-7,10H,8-9,11-12H2,1H3,(H,25,27);2-7,10H,8-9,11-12H2,1H3,(H,23,25). The molecule has 2 aromatic carbocycles. The molecule has 10 nitrogen and oxygen atoms in total. The summed E-state index contributed by atoms with van der Waals surface area (Å²) in [6.07, 6.45) is -0.920. The molecule has 0 bridgehead atoms. The summed E-state index contributed by atoms with van der Waals surface area (Å²) in [6.45, 7) is 4.72. The number of urea groups is 2. The molecule has 2 aliphatic heterocycles. The fraction of sp³-hybridized carbons (Fsp3) is 0.342. The van der Waals surface area contributed by atoms with Crippen molar-refractivity contribution in [1.82, 2.24) is 19.8 Å². The van der Waals surface area contributed by atoms with E-state index in [1.165, 1.54) is 17.0 Å². The van der Waals surface area contributed by atoms with Crippen LogP contribution < -0.4 is 15.4 Å². The molecular formula is C38H38F5N7O3. The van der Waals surface area contributed by atoms with Gasteiger partial charge in [0.2, 0.25) is 0 Å². The number of hydrogen-bond acceptors (Lipinski definition) is 6. The molecule has 0 unspecified atom stereocenters. The second-order valence-corrected chi connectivity index (χ2v) is 12.9. The molecular weight excluding hydrogens is 697 g/mol. The van der Waals surface area contributed by atoms with Crippen molar-refractivity contribution in [2.45, 2.75) is 57.2 Å². The Hall–Kier alpha value is -5.78. The largest absolute Gasteiger partial charge is 0.573 e. The van der Waals surface area contributed by atoms with E-state index in [1.807, 2.05) is 19.1 Å². The number of aryl methyl sites for hydroxylation is 2. The maximum absolute atomic E-state index is 15.3. The van der Waals surface area contributed by atoms with E-state index < -0.39 is 23.7 Å². The number of nitriles is 1. The number of ether oxygens (including phenoxy) is 1. The van der Waals surface area contributed by atoms with Crippen LogP contribution in [0.3, 0.4) is 0 Å². The third-order valence-electron chi connectivity index (χ3n) is 9.16. The highest BCUT2D eigenvalue weighted by Crippen LogP contribution is 2.38. The minimum absolute atomic E-state index is 0.122. The predicted molar refractivity (Wildman–Crippen MR) is 187 cm³/mol. The van der Waals surface area contributed by atoms with Gasteiger partial charge in [-0.2, -0.15) is 5.26 Å². The average Bonchev–Trinajstić information content (AvgIpc) is 3.13. The van der Waals surface area contributed by atoms with Crippen molar-refractivity contribution < 1.29 is 36.3 Å². The maximum Gasteiger partial charge on any atom is 0.573 e. The zero-order chi connectivity index (χ0) is 38.2. The zero-order valence-corrected chi connectivity index (χ0v) is 29.1. The summed E-state index contributed by atoms with van der Waals surface area (Å²) >= 11 is 0. The topological polar surface area (TPSA) is 123 Å². The number of carbonyl (C=O) groups is 2. The lowest BCUT2D eigenvalue weighted by atomic mass is 9.87. The van der Waals surface area contributed by atoms with Gasteiger partial charge in [0.15, 0.2) is 11.3 Å². The van der Waals surface area contributed by atoms with E-state index in [9.17, 15) is 22.8 Å². The Morgan fingerprint density at radius 1 is 0.717 bits per heavy atom. The van der Waals surface area contributed by atoms with Crippen molar-refractivity contribution >= 4 is 23.4 Å². The molecule has 0 spiro atoms. The number of pyridine rings is 2. The number of benzene rings is 2. The molecule has 53 heavy (non-hydrogen) atoms. The molecule has 2 fully saturated rings. The summed E-state index contributed by atoms with van der Waals surface area (Å²) in [4.78, 5) is 36.1. The molecule has 0 aliphatic carbocycles. The van der Waals surface area contributed by atoms with Gasteiger partial charge in [0, 0.05) is 75.6 Å². The van der Waals surface area contributed by atoms with Gasteiger partial charge in [0.1, 0.15) is 5.75 Å². The summed E-state index contributed by atoms with van der Waals surface area (Å²) in [5.74, 6) is -0.378.